The quantitative estimate of drug-likeness (QED) is 0.348. The van der Waals surface area contributed by atoms with Crippen LogP contribution in [0.1, 0.15) is 58.8 Å². The zero-order valence-corrected chi connectivity index (χ0v) is 12.0. The number of carbonyl (C=O) groups is 1. The lowest BCUT2D eigenvalue weighted by atomic mass is 9.71. The Morgan fingerprint density at radius 1 is 1.16 bits per heavy atom. The van der Waals surface area contributed by atoms with Crippen molar-refractivity contribution >= 4 is 11.7 Å². The standard InChI is InChI=1S/C14H25N3O2/c1-13(2)7-6-10-17(13)12(18)14(11(15)16-19)8-4-3-5-9-14/h19H,3-10H2,1-2H3,(H2,15,16). The van der Waals surface area contributed by atoms with Crippen LogP contribution in [0.5, 0.6) is 0 Å². The first kappa shape index (κ1) is 14.2. The molecule has 0 aromatic rings. The van der Waals surface area contributed by atoms with Gasteiger partial charge in [-0.3, -0.25) is 4.79 Å². The Kier molecular flexibility index (Phi) is 3.74. The van der Waals surface area contributed by atoms with Crippen molar-refractivity contribution in [1.29, 1.82) is 0 Å². The zero-order valence-electron chi connectivity index (χ0n) is 12.0. The van der Waals surface area contributed by atoms with Gasteiger partial charge in [0.05, 0.1) is 0 Å². The third kappa shape index (κ3) is 2.30. The first-order valence-electron chi connectivity index (χ1n) is 7.24. The molecule has 2 aliphatic rings. The molecule has 5 heteroatoms. The van der Waals surface area contributed by atoms with Crippen molar-refractivity contribution in [3.63, 3.8) is 0 Å². The Balaban J connectivity index is 2.31. The maximum atomic E-state index is 13.0. The van der Waals surface area contributed by atoms with Crippen LogP contribution in [-0.2, 0) is 4.79 Å². The van der Waals surface area contributed by atoms with Gasteiger partial charge in [0.2, 0.25) is 5.91 Å². The molecule has 1 saturated heterocycles. The predicted octanol–water partition coefficient (Wildman–Crippen LogP) is 2.08. The fraction of sp³-hybridized carbons (Fsp3) is 0.857. The second-order valence-electron chi connectivity index (χ2n) is 6.50. The SMILES string of the molecule is CC1(C)CCCN1C(=O)C1(C(N)=NO)CCCCC1. The van der Waals surface area contributed by atoms with Crippen molar-refractivity contribution < 1.29 is 10.0 Å². The Bertz CT molecular complexity index is 384. The number of carbonyl (C=O) groups excluding carboxylic acids is 1. The minimum Gasteiger partial charge on any atom is -0.409 e. The molecule has 1 saturated carbocycles. The van der Waals surface area contributed by atoms with Gasteiger partial charge in [0.15, 0.2) is 5.84 Å². The van der Waals surface area contributed by atoms with Gasteiger partial charge in [0.1, 0.15) is 5.41 Å². The van der Waals surface area contributed by atoms with E-state index in [4.69, 9.17) is 10.9 Å². The molecule has 0 aromatic heterocycles. The van der Waals surface area contributed by atoms with Crippen molar-refractivity contribution in [2.45, 2.75) is 64.3 Å². The Labute approximate surface area is 114 Å². The van der Waals surface area contributed by atoms with E-state index in [0.717, 1.165) is 38.6 Å². The summed E-state index contributed by atoms with van der Waals surface area (Å²) in [6, 6.07) is 0. The number of hydrogen-bond donors (Lipinski definition) is 2. The maximum absolute atomic E-state index is 13.0. The molecule has 0 spiro atoms. The van der Waals surface area contributed by atoms with Crippen LogP contribution in [-0.4, -0.2) is 33.9 Å². The molecular weight excluding hydrogens is 242 g/mol. The van der Waals surface area contributed by atoms with Crippen molar-refractivity contribution in [2.75, 3.05) is 6.54 Å². The highest BCUT2D eigenvalue weighted by atomic mass is 16.4. The second kappa shape index (κ2) is 5.02. The van der Waals surface area contributed by atoms with E-state index in [1.165, 1.54) is 0 Å². The topological polar surface area (TPSA) is 78.9 Å². The molecule has 0 atom stereocenters. The first-order valence-corrected chi connectivity index (χ1v) is 7.24. The number of nitrogens with zero attached hydrogens (tertiary/aromatic N) is 2. The summed E-state index contributed by atoms with van der Waals surface area (Å²) in [5, 5.41) is 12.2. The Morgan fingerprint density at radius 2 is 1.79 bits per heavy atom. The van der Waals surface area contributed by atoms with Crippen molar-refractivity contribution in [3.05, 3.63) is 0 Å². The largest absolute Gasteiger partial charge is 0.409 e. The smallest absolute Gasteiger partial charge is 0.236 e. The van der Waals surface area contributed by atoms with Gasteiger partial charge in [-0.05, 0) is 39.5 Å². The molecule has 3 N–H and O–H groups in total. The van der Waals surface area contributed by atoms with E-state index in [1.54, 1.807) is 0 Å². The summed E-state index contributed by atoms with van der Waals surface area (Å²) in [7, 11) is 0. The Morgan fingerprint density at radius 3 is 2.26 bits per heavy atom. The molecule has 0 unspecified atom stereocenters. The molecule has 108 valence electrons. The summed E-state index contributed by atoms with van der Waals surface area (Å²) in [5.74, 6) is 0.157. The minimum absolute atomic E-state index is 0.0602. The zero-order chi connectivity index (χ0) is 14.1. The van der Waals surface area contributed by atoms with Crippen LogP contribution in [0.25, 0.3) is 0 Å². The molecule has 1 aliphatic carbocycles. The monoisotopic (exact) mass is 267 g/mol. The normalized spacial score (nSPS) is 26.4. The first-order chi connectivity index (χ1) is 8.94. The van der Waals surface area contributed by atoms with Crippen molar-refractivity contribution in [2.24, 2.45) is 16.3 Å². The third-order valence-electron chi connectivity index (χ3n) is 4.86. The number of hydrogen-bond acceptors (Lipinski definition) is 3. The van der Waals surface area contributed by atoms with Crippen LogP contribution in [0.2, 0.25) is 0 Å². The van der Waals surface area contributed by atoms with Crippen LogP contribution in [0.15, 0.2) is 5.16 Å². The Hall–Kier alpha value is -1.26. The number of oxime groups is 1. The molecule has 2 rings (SSSR count). The van der Waals surface area contributed by atoms with Gasteiger partial charge in [0, 0.05) is 12.1 Å². The lowest BCUT2D eigenvalue weighted by molar-refractivity contribution is -0.143. The molecule has 19 heavy (non-hydrogen) atoms. The van der Waals surface area contributed by atoms with E-state index in [1.807, 2.05) is 4.90 Å². The van der Waals surface area contributed by atoms with Gasteiger partial charge < -0.3 is 15.8 Å². The molecule has 5 nitrogen and oxygen atoms in total. The van der Waals surface area contributed by atoms with Crippen molar-refractivity contribution in [1.82, 2.24) is 4.90 Å². The van der Waals surface area contributed by atoms with Gasteiger partial charge in [-0.25, -0.2) is 0 Å². The fourth-order valence-electron chi connectivity index (χ4n) is 3.57. The van der Waals surface area contributed by atoms with Crippen LogP contribution in [0.4, 0.5) is 0 Å². The number of amides is 1. The molecule has 0 bridgehead atoms. The lowest BCUT2D eigenvalue weighted by Crippen LogP contribution is -2.56. The van der Waals surface area contributed by atoms with Crippen LogP contribution >= 0.6 is 0 Å². The fourth-order valence-corrected chi connectivity index (χ4v) is 3.57. The summed E-state index contributed by atoms with van der Waals surface area (Å²) in [6.45, 7) is 4.98. The molecule has 0 aromatic carbocycles. The molecular formula is C14H25N3O2. The van der Waals surface area contributed by atoms with E-state index in [-0.39, 0.29) is 17.3 Å². The van der Waals surface area contributed by atoms with E-state index in [0.29, 0.717) is 12.8 Å². The van der Waals surface area contributed by atoms with E-state index < -0.39 is 5.41 Å². The highest BCUT2D eigenvalue weighted by molar-refractivity contribution is 6.07. The van der Waals surface area contributed by atoms with Gasteiger partial charge in [-0.1, -0.05) is 24.4 Å². The maximum Gasteiger partial charge on any atom is 0.236 e. The number of nitrogens with two attached hydrogens (primary N) is 1. The highest BCUT2D eigenvalue weighted by Gasteiger charge is 2.49. The van der Waals surface area contributed by atoms with E-state index in [9.17, 15) is 4.79 Å². The summed E-state index contributed by atoms with van der Waals surface area (Å²) in [6.07, 6.45) is 6.52. The summed E-state index contributed by atoms with van der Waals surface area (Å²) in [5.41, 5.74) is 5.01. The number of rotatable bonds is 2. The van der Waals surface area contributed by atoms with Gasteiger partial charge >= 0.3 is 0 Å². The summed E-state index contributed by atoms with van der Waals surface area (Å²) >= 11 is 0. The molecule has 2 fully saturated rings. The van der Waals surface area contributed by atoms with Gasteiger partial charge in [0.25, 0.3) is 0 Å². The third-order valence-corrected chi connectivity index (χ3v) is 4.86. The van der Waals surface area contributed by atoms with Gasteiger partial charge in [-0.15, -0.1) is 0 Å². The average Bonchev–Trinajstić information content (AvgIpc) is 2.77. The predicted molar refractivity (Wildman–Crippen MR) is 74.0 cm³/mol. The second-order valence-corrected chi connectivity index (χ2v) is 6.50. The molecule has 1 heterocycles. The highest BCUT2D eigenvalue weighted by Crippen LogP contribution is 2.41. The van der Waals surface area contributed by atoms with E-state index in [2.05, 4.69) is 19.0 Å². The summed E-state index contributed by atoms with van der Waals surface area (Å²) in [4.78, 5) is 14.9. The average molecular weight is 267 g/mol. The van der Waals surface area contributed by atoms with Crippen molar-refractivity contribution in [3.8, 4) is 0 Å². The molecule has 0 radical (unpaired) electrons. The van der Waals surface area contributed by atoms with Crippen LogP contribution in [0, 0.1) is 5.41 Å². The molecule has 1 amide bonds. The number of amidine groups is 1. The van der Waals surface area contributed by atoms with Crippen LogP contribution in [0.3, 0.4) is 0 Å². The molecule has 1 aliphatic heterocycles. The van der Waals surface area contributed by atoms with Gasteiger partial charge in [-0.2, -0.15) is 0 Å². The summed E-state index contributed by atoms with van der Waals surface area (Å²) < 4.78 is 0. The minimum atomic E-state index is -0.769. The van der Waals surface area contributed by atoms with Crippen LogP contribution < -0.4 is 5.73 Å². The number of likely N-dealkylation sites (tertiary alicyclic amines) is 1. The van der Waals surface area contributed by atoms with E-state index >= 15 is 0 Å². The lowest BCUT2D eigenvalue weighted by Gasteiger charge is -2.42.